The molecule has 1 aliphatic carbocycles. The van der Waals surface area contributed by atoms with Crippen molar-refractivity contribution in [2.45, 2.75) is 31.1 Å². The molecule has 0 aromatic heterocycles. The molecule has 2 N–H and O–H groups in total. The van der Waals surface area contributed by atoms with Crippen LogP contribution < -0.4 is 5.73 Å². The summed E-state index contributed by atoms with van der Waals surface area (Å²) in [5.41, 5.74) is 7.39. The Hall–Kier alpha value is -0.530. The Bertz CT molecular complexity index is 318. The van der Waals surface area contributed by atoms with Crippen LogP contribution in [0.3, 0.4) is 0 Å². The molecule has 2 heteroatoms. The van der Waals surface area contributed by atoms with E-state index in [0.29, 0.717) is 5.41 Å². The van der Waals surface area contributed by atoms with Gasteiger partial charge in [-0.3, -0.25) is 0 Å². The average Bonchev–Trinajstić information content (AvgIpc) is 2.11. The summed E-state index contributed by atoms with van der Waals surface area (Å²) in [6.07, 6.45) is 4.95. The SMILES string of the molecule is NCCC1(c2cccc(Cl)c2)CCC1. The van der Waals surface area contributed by atoms with Crippen LogP contribution in [0.5, 0.6) is 0 Å². The number of nitrogens with two attached hydrogens (primary N) is 1. The molecule has 0 atom stereocenters. The molecule has 1 fully saturated rings. The van der Waals surface area contributed by atoms with E-state index in [1.165, 1.54) is 24.8 Å². The monoisotopic (exact) mass is 209 g/mol. The lowest BCUT2D eigenvalue weighted by molar-refractivity contribution is 0.229. The van der Waals surface area contributed by atoms with Crippen LogP contribution in [0.1, 0.15) is 31.2 Å². The molecule has 1 aromatic carbocycles. The van der Waals surface area contributed by atoms with Crippen molar-refractivity contribution in [3.8, 4) is 0 Å². The van der Waals surface area contributed by atoms with Crippen LogP contribution in [-0.4, -0.2) is 6.54 Å². The largest absolute Gasteiger partial charge is 0.330 e. The minimum atomic E-state index is 0.347. The summed E-state index contributed by atoms with van der Waals surface area (Å²) in [5.74, 6) is 0. The predicted octanol–water partition coefficient (Wildman–Crippen LogP) is 3.11. The zero-order valence-electron chi connectivity index (χ0n) is 8.30. The van der Waals surface area contributed by atoms with Gasteiger partial charge in [0.15, 0.2) is 0 Å². The quantitative estimate of drug-likeness (QED) is 0.814. The second kappa shape index (κ2) is 3.92. The summed E-state index contributed by atoms with van der Waals surface area (Å²) >= 11 is 6.00. The highest BCUT2D eigenvalue weighted by atomic mass is 35.5. The molecule has 2 rings (SSSR count). The highest BCUT2D eigenvalue weighted by Crippen LogP contribution is 2.46. The lowest BCUT2D eigenvalue weighted by atomic mass is 9.62. The molecule has 0 spiro atoms. The van der Waals surface area contributed by atoms with Crippen LogP contribution in [0.2, 0.25) is 5.02 Å². The molecule has 1 aromatic rings. The highest BCUT2D eigenvalue weighted by Gasteiger charge is 2.37. The number of rotatable bonds is 3. The molecular formula is C12H16ClN. The van der Waals surface area contributed by atoms with Gasteiger partial charge in [0.05, 0.1) is 0 Å². The molecular weight excluding hydrogens is 194 g/mol. The van der Waals surface area contributed by atoms with Crippen molar-refractivity contribution in [1.82, 2.24) is 0 Å². The van der Waals surface area contributed by atoms with Gasteiger partial charge in [-0.05, 0) is 48.9 Å². The van der Waals surface area contributed by atoms with Gasteiger partial charge in [-0.2, -0.15) is 0 Å². The van der Waals surface area contributed by atoms with Gasteiger partial charge in [-0.1, -0.05) is 30.2 Å². The number of hydrogen-bond acceptors (Lipinski definition) is 1. The fraction of sp³-hybridized carbons (Fsp3) is 0.500. The van der Waals surface area contributed by atoms with Crippen molar-refractivity contribution < 1.29 is 0 Å². The maximum atomic E-state index is 6.00. The zero-order chi connectivity index (χ0) is 10.0. The van der Waals surface area contributed by atoms with Gasteiger partial charge in [0.1, 0.15) is 0 Å². The summed E-state index contributed by atoms with van der Waals surface area (Å²) in [6, 6.07) is 8.24. The highest BCUT2D eigenvalue weighted by molar-refractivity contribution is 6.30. The smallest absolute Gasteiger partial charge is 0.0408 e. The molecule has 1 saturated carbocycles. The normalized spacial score (nSPS) is 19.0. The van der Waals surface area contributed by atoms with Gasteiger partial charge in [-0.15, -0.1) is 0 Å². The van der Waals surface area contributed by atoms with E-state index in [2.05, 4.69) is 12.1 Å². The van der Waals surface area contributed by atoms with Crippen LogP contribution in [0.15, 0.2) is 24.3 Å². The van der Waals surface area contributed by atoms with E-state index in [0.717, 1.165) is 18.0 Å². The van der Waals surface area contributed by atoms with Crippen molar-refractivity contribution in [2.24, 2.45) is 5.73 Å². The van der Waals surface area contributed by atoms with Crippen LogP contribution in [-0.2, 0) is 5.41 Å². The lowest BCUT2D eigenvalue weighted by Crippen LogP contribution is -2.36. The third-order valence-electron chi connectivity index (χ3n) is 3.37. The molecule has 0 bridgehead atoms. The Labute approximate surface area is 90.3 Å². The first-order chi connectivity index (χ1) is 6.77. The number of halogens is 1. The molecule has 14 heavy (non-hydrogen) atoms. The topological polar surface area (TPSA) is 26.0 Å². The Balaban J connectivity index is 2.27. The first kappa shape index (κ1) is 10.0. The van der Waals surface area contributed by atoms with E-state index in [9.17, 15) is 0 Å². The Kier molecular flexibility index (Phi) is 2.80. The van der Waals surface area contributed by atoms with Gasteiger partial charge in [0, 0.05) is 5.02 Å². The van der Waals surface area contributed by atoms with E-state index in [4.69, 9.17) is 17.3 Å². The summed E-state index contributed by atoms with van der Waals surface area (Å²) in [5, 5.41) is 0.839. The number of hydrogen-bond donors (Lipinski definition) is 1. The average molecular weight is 210 g/mol. The summed E-state index contributed by atoms with van der Waals surface area (Å²) < 4.78 is 0. The van der Waals surface area contributed by atoms with Crippen LogP contribution in [0.4, 0.5) is 0 Å². The first-order valence-corrected chi connectivity index (χ1v) is 5.61. The first-order valence-electron chi connectivity index (χ1n) is 5.23. The molecule has 0 saturated heterocycles. The van der Waals surface area contributed by atoms with Crippen molar-refractivity contribution in [1.29, 1.82) is 0 Å². The minimum Gasteiger partial charge on any atom is -0.330 e. The fourth-order valence-corrected chi connectivity index (χ4v) is 2.57. The Morgan fingerprint density at radius 1 is 1.36 bits per heavy atom. The van der Waals surface area contributed by atoms with Crippen molar-refractivity contribution in [3.63, 3.8) is 0 Å². The lowest BCUT2D eigenvalue weighted by Gasteiger charge is -2.42. The van der Waals surface area contributed by atoms with Crippen molar-refractivity contribution in [3.05, 3.63) is 34.9 Å². The van der Waals surface area contributed by atoms with Gasteiger partial charge in [0.2, 0.25) is 0 Å². The molecule has 1 nitrogen and oxygen atoms in total. The van der Waals surface area contributed by atoms with Gasteiger partial charge in [-0.25, -0.2) is 0 Å². The van der Waals surface area contributed by atoms with E-state index < -0.39 is 0 Å². The van der Waals surface area contributed by atoms with Crippen LogP contribution in [0, 0.1) is 0 Å². The molecule has 0 aliphatic heterocycles. The van der Waals surface area contributed by atoms with Crippen molar-refractivity contribution in [2.75, 3.05) is 6.54 Å². The van der Waals surface area contributed by atoms with E-state index in [1.807, 2.05) is 12.1 Å². The standard InChI is InChI=1S/C12H16ClN/c13-11-4-1-3-10(9-11)12(7-8-14)5-2-6-12/h1,3-4,9H,2,5-8,14H2. The molecule has 1 aliphatic rings. The molecule has 0 radical (unpaired) electrons. The molecule has 76 valence electrons. The summed E-state index contributed by atoms with van der Waals surface area (Å²) in [4.78, 5) is 0. The summed E-state index contributed by atoms with van der Waals surface area (Å²) in [7, 11) is 0. The van der Waals surface area contributed by atoms with E-state index in [-0.39, 0.29) is 0 Å². The van der Waals surface area contributed by atoms with Gasteiger partial charge in [0.25, 0.3) is 0 Å². The molecule has 0 unspecified atom stereocenters. The second-order valence-corrected chi connectivity index (χ2v) is 4.62. The Morgan fingerprint density at radius 3 is 2.64 bits per heavy atom. The number of benzene rings is 1. The molecule has 0 heterocycles. The van der Waals surface area contributed by atoms with E-state index in [1.54, 1.807) is 0 Å². The van der Waals surface area contributed by atoms with Crippen LogP contribution in [0.25, 0.3) is 0 Å². The van der Waals surface area contributed by atoms with Crippen LogP contribution >= 0.6 is 11.6 Å². The second-order valence-electron chi connectivity index (χ2n) is 4.18. The van der Waals surface area contributed by atoms with Gasteiger partial charge < -0.3 is 5.73 Å². The van der Waals surface area contributed by atoms with Crippen molar-refractivity contribution >= 4 is 11.6 Å². The third kappa shape index (κ3) is 1.67. The maximum absolute atomic E-state index is 6.00. The predicted molar refractivity (Wildman–Crippen MR) is 60.7 cm³/mol. The molecule has 0 amide bonds. The Morgan fingerprint density at radius 2 is 2.14 bits per heavy atom. The van der Waals surface area contributed by atoms with E-state index >= 15 is 0 Å². The summed E-state index contributed by atoms with van der Waals surface area (Å²) in [6.45, 7) is 0.770. The third-order valence-corrected chi connectivity index (χ3v) is 3.61. The maximum Gasteiger partial charge on any atom is 0.0408 e. The van der Waals surface area contributed by atoms with Gasteiger partial charge >= 0.3 is 0 Å². The fourth-order valence-electron chi connectivity index (χ4n) is 2.38. The minimum absolute atomic E-state index is 0.347. The zero-order valence-corrected chi connectivity index (χ0v) is 9.06.